The van der Waals surface area contributed by atoms with Gasteiger partial charge in [0.25, 0.3) is 0 Å². The molecule has 7 nitrogen and oxygen atoms in total. The third-order valence-electron chi connectivity index (χ3n) is 4.76. The molecule has 0 fully saturated rings. The number of benzene rings is 1. The van der Waals surface area contributed by atoms with Crippen molar-refractivity contribution < 1.29 is 27.5 Å². The minimum absolute atomic E-state index is 0.165. The number of anilines is 1. The Morgan fingerprint density at radius 3 is 1.94 bits per heavy atom. The number of alkyl halides is 3. The molecule has 1 rings (SSSR count). The third kappa shape index (κ3) is 10.8. The average molecular weight is 475 g/mol. The molecule has 2 N–H and O–H groups in total. The van der Waals surface area contributed by atoms with E-state index in [4.69, 9.17) is 4.74 Å². The normalized spacial score (nSPS) is 12.3. The molecular weight excluding hydrogens is 437 g/mol. The fourth-order valence-electron chi connectivity index (χ4n) is 3.22. The molecule has 0 heterocycles. The average Bonchev–Trinajstić information content (AvgIpc) is 2.64. The summed E-state index contributed by atoms with van der Waals surface area (Å²) in [6.45, 7) is 14.9. The summed E-state index contributed by atoms with van der Waals surface area (Å²) < 4.78 is 43.5. The van der Waals surface area contributed by atoms with E-state index in [-0.39, 0.29) is 30.9 Å². The monoisotopic (exact) mass is 474 g/mol. The van der Waals surface area contributed by atoms with Crippen molar-refractivity contribution in [3.8, 4) is 0 Å². The summed E-state index contributed by atoms with van der Waals surface area (Å²) in [5.41, 5.74) is -1.18. The standard InChI is InChI=1S/C23H37F3N4O3/c1-16(2)30(17(3)4)15-14-29(13-12-27-21(32)33-22(5,6)7)20(31)28-19-10-8-18(9-11-19)23(24,25)26/h8-11,16-17H,12-15H2,1-7H3,(H,27,32)(H,28,31). The lowest BCUT2D eigenvalue weighted by atomic mass is 10.2. The highest BCUT2D eigenvalue weighted by Crippen LogP contribution is 2.29. The number of alkyl carbamates (subject to hydrolysis) is 1. The lowest BCUT2D eigenvalue weighted by Gasteiger charge is -2.33. The highest BCUT2D eigenvalue weighted by atomic mass is 19.4. The van der Waals surface area contributed by atoms with Gasteiger partial charge in [-0.2, -0.15) is 13.2 Å². The number of nitrogens with one attached hydrogen (secondary N) is 2. The van der Waals surface area contributed by atoms with Crippen LogP contribution in [0.15, 0.2) is 24.3 Å². The molecule has 188 valence electrons. The van der Waals surface area contributed by atoms with Gasteiger partial charge in [-0.25, -0.2) is 9.59 Å². The molecular formula is C23H37F3N4O3. The van der Waals surface area contributed by atoms with Gasteiger partial charge < -0.3 is 20.3 Å². The number of hydrogen-bond donors (Lipinski definition) is 2. The Balaban J connectivity index is 2.84. The van der Waals surface area contributed by atoms with Gasteiger partial charge >= 0.3 is 18.3 Å². The second-order valence-corrected chi connectivity index (χ2v) is 9.35. The third-order valence-corrected chi connectivity index (χ3v) is 4.76. The topological polar surface area (TPSA) is 73.9 Å². The zero-order valence-corrected chi connectivity index (χ0v) is 20.5. The van der Waals surface area contributed by atoms with Crippen LogP contribution in [-0.4, -0.2) is 65.8 Å². The molecule has 1 aromatic carbocycles. The Hall–Kier alpha value is -2.49. The maximum Gasteiger partial charge on any atom is 0.416 e. The number of rotatable bonds is 9. The van der Waals surface area contributed by atoms with Gasteiger partial charge in [-0.15, -0.1) is 0 Å². The van der Waals surface area contributed by atoms with E-state index in [9.17, 15) is 22.8 Å². The summed E-state index contributed by atoms with van der Waals surface area (Å²) in [6.07, 6.45) is -5.03. The first kappa shape index (κ1) is 28.5. The molecule has 0 unspecified atom stereocenters. The van der Waals surface area contributed by atoms with E-state index in [0.717, 1.165) is 12.1 Å². The number of hydrogen-bond acceptors (Lipinski definition) is 4. The summed E-state index contributed by atoms with van der Waals surface area (Å²) in [5.74, 6) is 0. The van der Waals surface area contributed by atoms with Crippen LogP contribution in [0.25, 0.3) is 0 Å². The highest BCUT2D eigenvalue weighted by Gasteiger charge is 2.30. The van der Waals surface area contributed by atoms with E-state index in [0.29, 0.717) is 13.1 Å². The maximum absolute atomic E-state index is 12.9. The van der Waals surface area contributed by atoms with Gasteiger partial charge in [0.15, 0.2) is 0 Å². The molecule has 33 heavy (non-hydrogen) atoms. The first-order valence-electron chi connectivity index (χ1n) is 11.1. The molecule has 0 aromatic heterocycles. The van der Waals surface area contributed by atoms with Gasteiger partial charge in [-0.1, -0.05) is 0 Å². The predicted molar refractivity (Wildman–Crippen MR) is 123 cm³/mol. The Morgan fingerprint density at radius 2 is 1.48 bits per heavy atom. The minimum atomic E-state index is -4.45. The van der Waals surface area contributed by atoms with Gasteiger partial charge in [0, 0.05) is 44.0 Å². The number of ether oxygens (including phenoxy) is 1. The number of amides is 3. The van der Waals surface area contributed by atoms with E-state index < -0.39 is 29.5 Å². The molecule has 3 amide bonds. The Labute approximate surface area is 194 Å². The number of halogens is 3. The van der Waals surface area contributed by atoms with Crippen LogP contribution in [0.2, 0.25) is 0 Å². The molecule has 0 aliphatic rings. The second-order valence-electron chi connectivity index (χ2n) is 9.35. The van der Waals surface area contributed by atoms with E-state index in [1.165, 1.54) is 17.0 Å². The summed E-state index contributed by atoms with van der Waals surface area (Å²) in [4.78, 5) is 28.5. The van der Waals surface area contributed by atoms with Crippen LogP contribution in [-0.2, 0) is 10.9 Å². The minimum Gasteiger partial charge on any atom is -0.444 e. The SMILES string of the molecule is CC(C)N(CCN(CCNC(=O)OC(C)(C)C)C(=O)Nc1ccc(C(F)(F)F)cc1)C(C)C. The highest BCUT2D eigenvalue weighted by molar-refractivity contribution is 5.89. The van der Waals surface area contributed by atoms with Crippen LogP contribution >= 0.6 is 0 Å². The van der Waals surface area contributed by atoms with Crippen molar-refractivity contribution in [1.29, 1.82) is 0 Å². The van der Waals surface area contributed by atoms with Gasteiger partial charge in [0.05, 0.1) is 5.56 Å². The largest absolute Gasteiger partial charge is 0.444 e. The Bertz CT molecular complexity index is 752. The molecule has 10 heteroatoms. The van der Waals surface area contributed by atoms with Crippen LogP contribution in [0, 0.1) is 0 Å². The summed E-state index contributed by atoms with van der Waals surface area (Å²) in [6, 6.07) is 4.34. The van der Waals surface area contributed by atoms with Crippen LogP contribution < -0.4 is 10.6 Å². The zero-order chi connectivity index (χ0) is 25.4. The van der Waals surface area contributed by atoms with Crippen molar-refractivity contribution in [3.05, 3.63) is 29.8 Å². The first-order chi connectivity index (χ1) is 15.1. The van der Waals surface area contributed by atoms with E-state index in [1.807, 2.05) is 0 Å². The molecule has 0 aliphatic carbocycles. The zero-order valence-electron chi connectivity index (χ0n) is 20.5. The lowest BCUT2D eigenvalue weighted by molar-refractivity contribution is -0.137. The molecule has 0 spiro atoms. The van der Waals surface area contributed by atoms with Gasteiger partial charge in [-0.05, 0) is 72.7 Å². The molecule has 1 aromatic rings. The fourth-order valence-corrected chi connectivity index (χ4v) is 3.22. The van der Waals surface area contributed by atoms with Crippen molar-refractivity contribution in [2.24, 2.45) is 0 Å². The summed E-state index contributed by atoms with van der Waals surface area (Å²) in [7, 11) is 0. The van der Waals surface area contributed by atoms with Gasteiger partial charge in [0.2, 0.25) is 0 Å². The maximum atomic E-state index is 12.9. The van der Waals surface area contributed by atoms with Crippen LogP contribution in [0.3, 0.4) is 0 Å². The predicted octanol–water partition coefficient (Wildman–Crippen LogP) is 5.18. The number of nitrogens with zero attached hydrogens (tertiary/aromatic N) is 2. The van der Waals surface area contributed by atoms with Crippen molar-refractivity contribution >= 4 is 17.8 Å². The molecule has 0 aliphatic heterocycles. The van der Waals surface area contributed by atoms with Crippen molar-refractivity contribution in [2.75, 3.05) is 31.5 Å². The van der Waals surface area contributed by atoms with Crippen molar-refractivity contribution in [3.63, 3.8) is 0 Å². The van der Waals surface area contributed by atoms with Crippen molar-refractivity contribution in [1.82, 2.24) is 15.1 Å². The summed E-state index contributed by atoms with van der Waals surface area (Å²) >= 11 is 0. The number of carbonyl (C=O) groups is 2. The smallest absolute Gasteiger partial charge is 0.416 e. The van der Waals surface area contributed by atoms with Crippen LogP contribution in [0.4, 0.5) is 28.4 Å². The second kappa shape index (κ2) is 12.1. The van der Waals surface area contributed by atoms with E-state index >= 15 is 0 Å². The van der Waals surface area contributed by atoms with Gasteiger partial charge in [0.1, 0.15) is 5.60 Å². The van der Waals surface area contributed by atoms with Crippen LogP contribution in [0.1, 0.15) is 54.0 Å². The quantitative estimate of drug-likeness (QED) is 0.517. The van der Waals surface area contributed by atoms with Crippen LogP contribution in [0.5, 0.6) is 0 Å². The Kier molecular flexibility index (Phi) is 10.5. The molecule has 0 radical (unpaired) electrons. The molecule has 0 atom stereocenters. The molecule has 0 bridgehead atoms. The summed E-state index contributed by atoms with van der Waals surface area (Å²) in [5, 5.41) is 5.26. The molecule has 0 saturated heterocycles. The lowest BCUT2D eigenvalue weighted by Crippen LogP contribution is -2.47. The first-order valence-corrected chi connectivity index (χ1v) is 11.1. The number of urea groups is 1. The number of carbonyl (C=O) groups excluding carboxylic acids is 2. The molecule has 0 saturated carbocycles. The van der Waals surface area contributed by atoms with E-state index in [1.54, 1.807) is 20.8 Å². The fraction of sp³-hybridized carbons (Fsp3) is 0.652. The van der Waals surface area contributed by atoms with Gasteiger partial charge in [-0.3, -0.25) is 4.90 Å². The Morgan fingerprint density at radius 1 is 0.939 bits per heavy atom. The van der Waals surface area contributed by atoms with Crippen molar-refractivity contribution in [2.45, 2.75) is 72.3 Å². The van der Waals surface area contributed by atoms with E-state index in [2.05, 4.69) is 43.2 Å².